The average molecular weight is 269 g/mol. The predicted octanol–water partition coefficient (Wildman–Crippen LogP) is 3.43. The van der Waals surface area contributed by atoms with Crippen LogP contribution in [0.2, 0.25) is 0 Å². The van der Waals surface area contributed by atoms with E-state index in [4.69, 9.17) is 14.8 Å². The Morgan fingerprint density at radius 3 is 2.33 bits per heavy atom. The molecule has 1 aromatic rings. The molecule has 0 saturated carbocycles. The second-order valence-electron chi connectivity index (χ2n) is 5.22. The van der Waals surface area contributed by atoms with Gasteiger partial charge in [-0.05, 0) is 24.1 Å². The number of rotatable bonds is 3. The minimum Gasteiger partial charge on any atom is -0.399 e. The minimum atomic E-state index is -2.98. The fourth-order valence-corrected chi connectivity index (χ4v) is 3.66. The van der Waals surface area contributed by atoms with Crippen molar-refractivity contribution in [3.8, 4) is 0 Å². The monoisotopic (exact) mass is 269 g/mol. The van der Waals surface area contributed by atoms with Crippen molar-refractivity contribution in [2.75, 3.05) is 18.9 Å². The quantitative estimate of drug-likeness (QED) is 0.674. The fraction of sp³-hybridized carbons (Fsp3) is 0.538. The Kier molecular flexibility index (Phi) is 3.81. The third-order valence-electron chi connectivity index (χ3n) is 3.43. The van der Waals surface area contributed by atoms with Gasteiger partial charge < -0.3 is 14.8 Å². The maximum Gasteiger partial charge on any atom is 0.335 e. The van der Waals surface area contributed by atoms with Gasteiger partial charge in [0, 0.05) is 11.1 Å². The van der Waals surface area contributed by atoms with E-state index >= 15 is 0 Å². The van der Waals surface area contributed by atoms with Gasteiger partial charge in [-0.3, -0.25) is 4.57 Å². The van der Waals surface area contributed by atoms with Crippen molar-refractivity contribution in [1.29, 1.82) is 0 Å². The van der Waals surface area contributed by atoms with Gasteiger partial charge in [-0.2, -0.15) is 0 Å². The smallest absolute Gasteiger partial charge is 0.335 e. The van der Waals surface area contributed by atoms with Crippen LogP contribution < -0.4 is 5.73 Å². The van der Waals surface area contributed by atoms with Crippen molar-refractivity contribution in [1.82, 2.24) is 0 Å². The normalized spacial score (nSPS) is 32.3. The van der Waals surface area contributed by atoms with E-state index in [1.165, 1.54) is 0 Å². The van der Waals surface area contributed by atoms with Crippen LogP contribution in [0.3, 0.4) is 0 Å². The molecule has 0 bridgehead atoms. The van der Waals surface area contributed by atoms with E-state index in [1.807, 2.05) is 12.1 Å². The van der Waals surface area contributed by atoms with Crippen LogP contribution >= 0.6 is 7.60 Å². The molecule has 1 heterocycles. The second kappa shape index (κ2) is 5.04. The van der Waals surface area contributed by atoms with Crippen LogP contribution in [-0.4, -0.2) is 13.2 Å². The van der Waals surface area contributed by atoms with Crippen LogP contribution in [0.25, 0.3) is 0 Å². The van der Waals surface area contributed by atoms with Crippen LogP contribution in [-0.2, 0) is 19.8 Å². The summed E-state index contributed by atoms with van der Waals surface area (Å²) in [5.41, 5.74) is 7.22. The van der Waals surface area contributed by atoms with Crippen LogP contribution in [0.15, 0.2) is 24.3 Å². The zero-order chi connectivity index (χ0) is 13.2. The van der Waals surface area contributed by atoms with Crippen LogP contribution in [0.1, 0.15) is 25.8 Å². The highest BCUT2D eigenvalue weighted by Gasteiger charge is 2.38. The SMILES string of the molecule is CCC1(C)COP(=O)(Cc2ccc(N)cc2)OC1. The van der Waals surface area contributed by atoms with Gasteiger partial charge in [-0.15, -0.1) is 0 Å². The summed E-state index contributed by atoms with van der Waals surface area (Å²) < 4.78 is 23.4. The number of nitrogen functional groups attached to an aromatic ring is 1. The van der Waals surface area contributed by atoms with Crippen molar-refractivity contribution < 1.29 is 13.6 Å². The lowest BCUT2D eigenvalue weighted by atomic mass is 9.90. The maximum atomic E-state index is 12.4. The van der Waals surface area contributed by atoms with Gasteiger partial charge in [0.1, 0.15) is 0 Å². The number of anilines is 1. The van der Waals surface area contributed by atoms with E-state index in [-0.39, 0.29) is 5.41 Å². The first-order valence-corrected chi connectivity index (χ1v) is 7.90. The average Bonchev–Trinajstić information content (AvgIpc) is 2.37. The molecule has 1 aromatic carbocycles. The van der Waals surface area contributed by atoms with E-state index in [2.05, 4.69) is 13.8 Å². The van der Waals surface area contributed by atoms with Crippen LogP contribution in [0.5, 0.6) is 0 Å². The summed E-state index contributed by atoms with van der Waals surface area (Å²) in [7, 11) is -2.98. The maximum absolute atomic E-state index is 12.4. The number of hydrogen-bond donors (Lipinski definition) is 1. The fourth-order valence-electron chi connectivity index (χ4n) is 1.73. The Bertz CT molecular complexity index is 446. The summed E-state index contributed by atoms with van der Waals surface area (Å²) in [5.74, 6) is 0. The van der Waals surface area contributed by atoms with Gasteiger partial charge in [0.25, 0.3) is 0 Å². The third kappa shape index (κ3) is 3.14. The van der Waals surface area contributed by atoms with Gasteiger partial charge in [-0.25, -0.2) is 0 Å². The molecule has 0 unspecified atom stereocenters. The molecule has 0 amide bonds. The predicted molar refractivity (Wildman–Crippen MR) is 72.5 cm³/mol. The molecule has 4 nitrogen and oxygen atoms in total. The third-order valence-corrected chi connectivity index (χ3v) is 5.23. The first-order chi connectivity index (χ1) is 8.45. The second-order valence-corrected chi connectivity index (χ2v) is 7.28. The molecule has 0 atom stereocenters. The summed E-state index contributed by atoms with van der Waals surface area (Å²) in [6.07, 6.45) is 1.27. The summed E-state index contributed by atoms with van der Waals surface area (Å²) in [6.45, 7) is 5.16. The number of nitrogens with two attached hydrogens (primary N) is 1. The summed E-state index contributed by atoms with van der Waals surface area (Å²) in [4.78, 5) is 0. The molecule has 100 valence electrons. The zero-order valence-electron chi connectivity index (χ0n) is 10.9. The van der Waals surface area contributed by atoms with Crippen LogP contribution in [0.4, 0.5) is 5.69 Å². The summed E-state index contributed by atoms with van der Waals surface area (Å²) in [5, 5.41) is 0. The van der Waals surface area contributed by atoms with Crippen molar-refractivity contribution in [3.05, 3.63) is 29.8 Å². The van der Waals surface area contributed by atoms with Crippen molar-refractivity contribution in [3.63, 3.8) is 0 Å². The molecule has 1 aliphatic heterocycles. The molecule has 0 aromatic heterocycles. The lowest BCUT2D eigenvalue weighted by molar-refractivity contribution is 0.0263. The van der Waals surface area contributed by atoms with E-state index in [9.17, 15) is 4.57 Å². The largest absolute Gasteiger partial charge is 0.399 e. The lowest BCUT2D eigenvalue weighted by Crippen LogP contribution is -2.32. The Balaban J connectivity index is 2.02. The van der Waals surface area contributed by atoms with E-state index in [0.717, 1.165) is 12.0 Å². The van der Waals surface area contributed by atoms with E-state index < -0.39 is 7.60 Å². The van der Waals surface area contributed by atoms with Crippen molar-refractivity contribution in [2.45, 2.75) is 26.4 Å². The van der Waals surface area contributed by atoms with Gasteiger partial charge in [0.15, 0.2) is 0 Å². The highest BCUT2D eigenvalue weighted by atomic mass is 31.2. The highest BCUT2D eigenvalue weighted by Crippen LogP contribution is 2.56. The van der Waals surface area contributed by atoms with Gasteiger partial charge in [-0.1, -0.05) is 26.0 Å². The molecule has 0 aliphatic carbocycles. The zero-order valence-corrected chi connectivity index (χ0v) is 11.8. The molecule has 1 fully saturated rings. The number of benzene rings is 1. The molecule has 1 aliphatic rings. The molecule has 1 saturated heterocycles. The molecule has 0 spiro atoms. The van der Waals surface area contributed by atoms with Crippen LogP contribution in [0, 0.1) is 5.41 Å². The van der Waals surface area contributed by atoms with Crippen molar-refractivity contribution >= 4 is 13.3 Å². The molecule has 18 heavy (non-hydrogen) atoms. The first kappa shape index (κ1) is 13.6. The molecule has 0 radical (unpaired) electrons. The molecule has 2 N–H and O–H groups in total. The topological polar surface area (TPSA) is 61.5 Å². The molecule has 2 rings (SSSR count). The van der Waals surface area contributed by atoms with Crippen molar-refractivity contribution in [2.24, 2.45) is 5.41 Å². The minimum absolute atomic E-state index is 0.0188. The van der Waals surface area contributed by atoms with E-state index in [1.54, 1.807) is 12.1 Å². The highest BCUT2D eigenvalue weighted by molar-refractivity contribution is 7.53. The Morgan fingerprint density at radius 2 is 1.83 bits per heavy atom. The lowest BCUT2D eigenvalue weighted by Gasteiger charge is -2.36. The van der Waals surface area contributed by atoms with E-state index in [0.29, 0.717) is 25.1 Å². The summed E-state index contributed by atoms with van der Waals surface area (Å²) in [6, 6.07) is 7.30. The Hall–Kier alpha value is -0.830. The molecule has 5 heteroatoms. The van der Waals surface area contributed by atoms with Gasteiger partial charge in [0.05, 0.1) is 19.4 Å². The summed E-state index contributed by atoms with van der Waals surface area (Å²) >= 11 is 0. The molecular formula is C13H20NO3P. The molecular weight excluding hydrogens is 249 g/mol. The van der Waals surface area contributed by atoms with Gasteiger partial charge >= 0.3 is 7.60 Å². The number of hydrogen-bond acceptors (Lipinski definition) is 4. The Morgan fingerprint density at radius 1 is 1.28 bits per heavy atom. The Labute approximate surface area is 108 Å². The first-order valence-electron chi connectivity index (χ1n) is 6.17. The standard InChI is InChI=1S/C13H20NO3P/c1-3-13(2)9-16-18(15,17-10-13)8-11-4-6-12(14)7-5-11/h4-7H,3,8-10,14H2,1-2H3. The van der Waals surface area contributed by atoms with Gasteiger partial charge in [0.2, 0.25) is 0 Å².